The molecule has 6 rings (SSSR count). The van der Waals surface area contributed by atoms with E-state index < -0.39 is 48.7 Å². The summed E-state index contributed by atoms with van der Waals surface area (Å²) in [6, 6.07) is 15.0. The zero-order valence-electron chi connectivity index (χ0n) is 31.4. The van der Waals surface area contributed by atoms with Crippen LogP contribution < -0.4 is 19.6 Å². The molecule has 1 saturated heterocycles. The van der Waals surface area contributed by atoms with Gasteiger partial charge in [0.25, 0.3) is 21.9 Å². The summed E-state index contributed by atoms with van der Waals surface area (Å²) in [7, 11) is -9.21. The number of hydroxylamine groups is 2. The second kappa shape index (κ2) is 16.2. The van der Waals surface area contributed by atoms with Crippen LogP contribution in [0.1, 0.15) is 66.2 Å². The van der Waals surface area contributed by atoms with E-state index in [1.807, 2.05) is 64.1 Å². The van der Waals surface area contributed by atoms with Gasteiger partial charge in [0.15, 0.2) is 0 Å². The fourth-order valence-corrected chi connectivity index (χ4v) is 9.49. The highest BCUT2D eigenvalue weighted by Crippen LogP contribution is 2.43. The van der Waals surface area contributed by atoms with Crippen LogP contribution in [0.2, 0.25) is 0 Å². The van der Waals surface area contributed by atoms with Crippen molar-refractivity contribution in [2.75, 3.05) is 37.6 Å². The first-order chi connectivity index (χ1) is 26.2. The summed E-state index contributed by atoms with van der Waals surface area (Å²) in [5.74, 6) is -1.96. The predicted octanol–water partition coefficient (Wildman–Crippen LogP) is 4.80. The number of hydrogen-bond acceptors (Lipinski definition) is 10. The molecule has 1 saturated carbocycles. The number of benzene rings is 3. The Labute approximate surface area is 320 Å². The average molecular weight is 796 g/mol. The van der Waals surface area contributed by atoms with Crippen LogP contribution in [0.5, 0.6) is 0 Å². The van der Waals surface area contributed by atoms with Crippen molar-refractivity contribution in [3.63, 3.8) is 0 Å². The number of hydrogen-bond donors (Lipinski definition) is 2. The van der Waals surface area contributed by atoms with E-state index in [1.165, 1.54) is 12.1 Å². The minimum absolute atomic E-state index is 0.000311. The summed E-state index contributed by atoms with van der Waals surface area (Å²) in [4.78, 5) is 42.6. The van der Waals surface area contributed by atoms with Gasteiger partial charge in [-0.05, 0) is 89.6 Å². The smallest absolute Gasteiger partial charge is 0.336 e. The van der Waals surface area contributed by atoms with Crippen molar-refractivity contribution in [1.82, 2.24) is 14.4 Å². The molecule has 4 aliphatic rings. The summed E-state index contributed by atoms with van der Waals surface area (Å²) in [5, 5.41) is 2.02. The van der Waals surface area contributed by atoms with Gasteiger partial charge in [0.1, 0.15) is 29.3 Å². The number of fused-ring (bicyclic) bond motifs is 2. The number of anilines is 1. The molecule has 2 aromatic carbocycles. The van der Waals surface area contributed by atoms with E-state index in [9.17, 15) is 35.8 Å². The van der Waals surface area contributed by atoms with Gasteiger partial charge in [-0.2, -0.15) is 8.42 Å². The molecular formula is C39H47N4O10S2+. The van der Waals surface area contributed by atoms with Crippen LogP contribution in [0.25, 0.3) is 33.4 Å². The van der Waals surface area contributed by atoms with Crippen molar-refractivity contribution < 1.29 is 45.0 Å². The molecule has 16 heteroatoms. The van der Waals surface area contributed by atoms with E-state index in [0.29, 0.717) is 58.6 Å². The number of carbonyl (C=O) groups excluding carboxylic acids is 3. The molecule has 294 valence electrons. The summed E-state index contributed by atoms with van der Waals surface area (Å²) >= 11 is 0. The van der Waals surface area contributed by atoms with Crippen molar-refractivity contribution in [2.24, 2.45) is 11.8 Å². The van der Waals surface area contributed by atoms with Crippen LogP contribution in [0, 0.1) is 11.8 Å². The predicted molar refractivity (Wildman–Crippen MR) is 206 cm³/mol. The molecule has 2 N–H and O–H groups in total. The Bertz CT molecular complexity index is 2370. The Balaban J connectivity index is 1.31. The maximum Gasteiger partial charge on any atom is 0.336 e. The minimum atomic E-state index is -4.95. The topological polar surface area (TPSA) is 184 Å². The average Bonchev–Trinajstić information content (AvgIpc) is 3.48. The third kappa shape index (κ3) is 8.32. The van der Waals surface area contributed by atoms with Gasteiger partial charge >= 0.3 is 5.97 Å². The molecule has 0 unspecified atom stereocenters. The normalized spacial score (nSPS) is 17.9. The van der Waals surface area contributed by atoms with Crippen LogP contribution in [0.3, 0.4) is 0 Å². The molecule has 14 nitrogen and oxygen atoms in total. The van der Waals surface area contributed by atoms with Crippen molar-refractivity contribution in [3.05, 3.63) is 60.0 Å². The number of amides is 2. The van der Waals surface area contributed by atoms with Gasteiger partial charge in [0.2, 0.25) is 15.4 Å². The van der Waals surface area contributed by atoms with Crippen molar-refractivity contribution in [2.45, 2.75) is 76.0 Å². The number of nitrogens with one attached hydrogen (secondary N) is 1. The van der Waals surface area contributed by atoms with Gasteiger partial charge in [-0.1, -0.05) is 6.07 Å². The van der Waals surface area contributed by atoms with E-state index in [1.54, 1.807) is 0 Å². The lowest BCUT2D eigenvalue weighted by atomic mass is 9.82. The molecule has 0 radical (unpaired) electrons. The second-order valence-corrected chi connectivity index (χ2v) is 17.0. The quantitative estimate of drug-likeness (QED) is 0.0821. The zero-order valence-corrected chi connectivity index (χ0v) is 33.0. The summed E-state index contributed by atoms with van der Waals surface area (Å²) in [5.41, 5.74) is 2.56. The highest BCUT2D eigenvalue weighted by molar-refractivity contribution is 7.89. The highest BCUT2D eigenvalue weighted by Gasteiger charge is 2.36. The molecule has 2 amide bonds. The van der Waals surface area contributed by atoms with Gasteiger partial charge < -0.3 is 14.2 Å². The van der Waals surface area contributed by atoms with Crippen LogP contribution in [0.15, 0.2) is 68.8 Å². The molecule has 0 atom stereocenters. The third-order valence-electron chi connectivity index (χ3n) is 10.7. The molecular weight excluding hydrogens is 749 g/mol. The van der Waals surface area contributed by atoms with E-state index in [2.05, 4.69) is 14.2 Å². The van der Waals surface area contributed by atoms with Gasteiger partial charge in [-0.15, -0.1) is 5.06 Å². The van der Waals surface area contributed by atoms with Gasteiger partial charge in [0, 0.05) is 72.4 Å². The molecule has 2 fully saturated rings. The summed E-state index contributed by atoms with van der Waals surface area (Å²) in [6.07, 6.45) is 1.71. The fourth-order valence-electron chi connectivity index (χ4n) is 7.55. The van der Waals surface area contributed by atoms with Crippen molar-refractivity contribution in [1.29, 1.82) is 0 Å². The maximum atomic E-state index is 13.6. The standard InChI is InChI=1S/C39H46N4O10S2/c1-5-41(6-2)27-13-16-30-33(21-27)52-34-22-28(42(7-3)8-4)14-17-31(34)38(30)32-18-15-29(23-35(32)55(49,50)51)54(47,48)40-24-25-9-11-26(12-10-25)39(46)53-43-36(44)19-20-37(43)45/h13-18,21-23,25-26,40H,5-12,19-20,24H2,1-4H3/p+1. The molecule has 0 aromatic heterocycles. The molecule has 55 heavy (non-hydrogen) atoms. The molecule has 2 heterocycles. The first-order valence-corrected chi connectivity index (χ1v) is 21.6. The van der Waals surface area contributed by atoms with Crippen LogP contribution in [-0.4, -0.2) is 77.0 Å². The Morgan fingerprint density at radius 1 is 0.891 bits per heavy atom. The molecule has 2 aromatic rings. The Morgan fingerprint density at radius 3 is 2.16 bits per heavy atom. The summed E-state index contributed by atoms with van der Waals surface area (Å²) in [6.45, 7) is 11.2. The second-order valence-electron chi connectivity index (χ2n) is 13.9. The lowest BCUT2D eigenvalue weighted by Crippen LogP contribution is -2.37. The Kier molecular flexibility index (Phi) is 11.8. The molecule has 0 spiro atoms. The molecule has 2 aliphatic carbocycles. The van der Waals surface area contributed by atoms with Gasteiger partial charge in [0.05, 0.1) is 16.9 Å². The number of imide groups is 1. The monoisotopic (exact) mass is 795 g/mol. The van der Waals surface area contributed by atoms with Gasteiger partial charge in [-0.3, -0.25) is 14.1 Å². The minimum Gasteiger partial charge on any atom is -0.456 e. The van der Waals surface area contributed by atoms with Crippen molar-refractivity contribution >= 4 is 54.6 Å². The number of nitrogens with zero attached hydrogens (tertiary/aromatic N) is 3. The lowest BCUT2D eigenvalue weighted by Gasteiger charge is -2.28. The van der Waals surface area contributed by atoms with Crippen LogP contribution in [0.4, 0.5) is 5.69 Å². The molecule has 0 bridgehead atoms. The van der Waals surface area contributed by atoms with E-state index in [0.717, 1.165) is 43.3 Å². The van der Waals surface area contributed by atoms with Crippen molar-refractivity contribution in [3.8, 4) is 22.5 Å². The lowest BCUT2D eigenvalue weighted by molar-refractivity contribution is -0.201. The van der Waals surface area contributed by atoms with E-state index in [-0.39, 0.29) is 35.8 Å². The third-order valence-corrected chi connectivity index (χ3v) is 13.0. The number of rotatable bonds is 13. The first kappa shape index (κ1) is 40.0. The number of sulfonamides is 1. The maximum absolute atomic E-state index is 13.6. The van der Waals surface area contributed by atoms with E-state index in [4.69, 9.17) is 9.25 Å². The SMILES string of the molecule is CCN(CC)c1ccc2c(-c3ccc(S(=O)(=O)NCC4CCC(C(=O)ON5C(=O)CCC5=O)CC4)cc3S(=O)(=O)O)c3ccc(=[N+](CC)CC)cc-3oc2c1. The Morgan fingerprint density at radius 2 is 1.55 bits per heavy atom. The zero-order chi connectivity index (χ0) is 39.7. The van der Waals surface area contributed by atoms with E-state index >= 15 is 0 Å². The first-order valence-electron chi connectivity index (χ1n) is 18.7. The molecule has 2 aliphatic heterocycles. The van der Waals surface area contributed by atoms with Crippen LogP contribution in [-0.2, 0) is 39.4 Å². The summed E-state index contributed by atoms with van der Waals surface area (Å²) < 4.78 is 75.2. The number of carbonyl (C=O) groups is 3. The van der Waals surface area contributed by atoms with Gasteiger partial charge in [-0.25, -0.2) is 22.5 Å². The Hall–Kier alpha value is -4.64. The highest BCUT2D eigenvalue weighted by atomic mass is 32.2. The van der Waals surface area contributed by atoms with Crippen LogP contribution >= 0.6 is 0 Å². The fraction of sp³-hybridized carbons (Fsp3) is 0.436. The largest absolute Gasteiger partial charge is 0.456 e.